The van der Waals surface area contributed by atoms with Gasteiger partial charge in [-0.25, -0.2) is 0 Å². The van der Waals surface area contributed by atoms with Crippen LogP contribution in [0.4, 0.5) is 0 Å². The molecule has 1 rings (SSSR count). The molecule has 0 aromatic heterocycles. The van der Waals surface area contributed by atoms with E-state index in [1.54, 1.807) is 0 Å². The van der Waals surface area contributed by atoms with E-state index in [0.29, 0.717) is 0 Å². The largest absolute Gasteiger partial charge is 0.0651 e. The fraction of sp³-hybridized carbons (Fsp3) is 1.00. The number of rotatable bonds is 5. The molecule has 0 nitrogen and oxygen atoms in total. The van der Waals surface area contributed by atoms with Crippen LogP contribution in [0.3, 0.4) is 0 Å². The van der Waals surface area contributed by atoms with E-state index in [4.69, 9.17) is 0 Å². The fourth-order valence-electron chi connectivity index (χ4n) is 3.16. The van der Waals surface area contributed by atoms with Crippen LogP contribution < -0.4 is 0 Å². The Morgan fingerprint density at radius 2 is 1.53 bits per heavy atom. The lowest BCUT2D eigenvalue weighted by Gasteiger charge is -2.26. The van der Waals surface area contributed by atoms with Gasteiger partial charge in [-0.3, -0.25) is 0 Å². The second kappa shape index (κ2) is 7.30. The predicted octanol–water partition coefficient (Wildman–Crippen LogP) is 5.42. The molecule has 2 unspecified atom stereocenters. The highest BCUT2D eigenvalue weighted by molar-refractivity contribution is 4.72. The van der Waals surface area contributed by atoms with Crippen molar-refractivity contribution in [2.45, 2.75) is 78.6 Å². The maximum absolute atomic E-state index is 2.45. The SMILES string of the molecule is CCC(C)C(CC)CC1CCCCCC1. The maximum atomic E-state index is 2.45. The summed E-state index contributed by atoms with van der Waals surface area (Å²) in [4.78, 5) is 0. The van der Waals surface area contributed by atoms with Crippen LogP contribution in [-0.2, 0) is 0 Å². The Balaban J connectivity index is 2.35. The van der Waals surface area contributed by atoms with Gasteiger partial charge < -0.3 is 0 Å². The molecule has 0 aromatic rings. The van der Waals surface area contributed by atoms with Crippen LogP contribution >= 0.6 is 0 Å². The molecule has 0 radical (unpaired) electrons. The first-order valence-electron chi connectivity index (χ1n) is 7.27. The highest BCUT2D eigenvalue weighted by atomic mass is 14.3. The van der Waals surface area contributed by atoms with Gasteiger partial charge in [0.2, 0.25) is 0 Å². The monoisotopic (exact) mass is 210 g/mol. The van der Waals surface area contributed by atoms with Gasteiger partial charge in [-0.15, -0.1) is 0 Å². The first-order valence-corrected chi connectivity index (χ1v) is 7.27. The van der Waals surface area contributed by atoms with Gasteiger partial charge in [-0.1, -0.05) is 72.1 Å². The van der Waals surface area contributed by atoms with Crippen molar-refractivity contribution in [1.29, 1.82) is 0 Å². The van der Waals surface area contributed by atoms with Gasteiger partial charge >= 0.3 is 0 Å². The lowest BCUT2D eigenvalue weighted by molar-refractivity contribution is 0.253. The molecule has 0 N–H and O–H groups in total. The highest BCUT2D eigenvalue weighted by Gasteiger charge is 2.20. The first-order chi connectivity index (χ1) is 7.27. The molecular formula is C15H30. The summed E-state index contributed by atoms with van der Waals surface area (Å²) in [7, 11) is 0. The zero-order chi connectivity index (χ0) is 11.1. The van der Waals surface area contributed by atoms with Gasteiger partial charge in [0.15, 0.2) is 0 Å². The third-order valence-electron chi connectivity index (χ3n) is 4.58. The minimum Gasteiger partial charge on any atom is -0.0651 e. The van der Waals surface area contributed by atoms with Gasteiger partial charge in [-0.2, -0.15) is 0 Å². The van der Waals surface area contributed by atoms with Crippen LogP contribution in [0.1, 0.15) is 78.6 Å². The Labute approximate surface area is 96.8 Å². The summed E-state index contributed by atoms with van der Waals surface area (Å²) in [5, 5.41) is 0. The summed E-state index contributed by atoms with van der Waals surface area (Å²) in [5.74, 6) is 3.00. The van der Waals surface area contributed by atoms with Gasteiger partial charge in [0.05, 0.1) is 0 Å². The van der Waals surface area contributed by atoms with Crippen molar-refractivity contribution in [3.05, 3.63) is 0 Å². The average molecular weight is 210 g/mol. The van der Waals surface area contributed by atoms with Crippen molar-refractivity contribution in [3.8, 4) is 0 Å². The van der Waals surface area contributed by atoms with Crippen molar-refractivity contribution >= 4 is 0 Å². The molecule has 1 aliphatic rings. The average Bonchev–Trinajstić information content (AvgIpc) is 2.53. The zero-order valence-corrected chi connectivity index (χ0v) is 11.1. The summed E-state index contributed by atoms with van der Waals surface area (Å²) in [6, 6.07) is 0. The Hall–Kier alpha value is 0. The normalized spacial score (nSPS) is 23.4. The van der Waals surface area contributed by atoms with Crippen LogP contribution in [0.2, 0.25) is 0 Å². The highest BCUT2D eigenvalue weighted by Crippen LogP contribution is 2.33. The van der Waals surface area contributed by atoms with Crippen LogP contribution in [-0.4, -0.2) is 0 Å². The van der Waals surface area contributed by atoms with Gasteiger partial charge in [0, 0.05) is 0 Å². The van der Waals surface area contributed by atoms with E-state index in [1.807, 2.05) is 0 Å². The predicted molar refractivity (Wildman–Crippen MR) is 69.0 cm³/mol. The lowest BCUT2D eigenvalue weighted by atomic mass is 9.80. The Morgan fingerprint density at radius 3 is 2.00 bits per heavy atom. The molecule has 90 valence electrons. The second-order valence-electron chi connectivity index (χ2n) is 5.65. The van der Waals surface area contributed by atoms with E-state index >= 15 is 0 Å². The van der Waals surface area contributed by atoms with Crippen LogP contribution in [0.15, 0.2) is 0 Å². The molecule has 0 aliphatic heterocycles. The van der Waals surface area contributed by atoms with E-state index in [-0.39, 0.29) is 0 Å². The van der Waals surface area contributed by atoms with E-state index in [2.05, 4.69) is 20.8 Å². The number of hydrogen-bond donors (Lipinski definition) is 0. The molecule has 15 heavy (non-hydrogen) atoms. The molecule has 1 aliphatic carbocycles. The molecule has 0 saturated heterocycles. The summed E-state index contributed by atoms with van der Waals surface area (Å²) in [6.45, 7) is 7.18. The van der Waals surface area contributed by atoms with Crippen molar-refractivity contribution < 1.29 is 0 Å². The molecule has 1 fully saturated rings. The molecule has 1 saturated carbocycles. The molecule has 0 amide bonds. The summed E-state index contributed by atoms with van der Waals surface area (Å²) in [6.07, 6.45) is 13.3. The molecule has 0 heterocycles. The zero-order valence-electron chi connectivity index (χ0n) is 11.1. The molecule has 0 bridgehead atoms. The van der Waals surface area contributed by atoms with Gasteiger partial charge in [0.1, 0.15) is 0 Å². The van der Waals surface area contributed by atoms with Crippen LogP contribution in [0.5, 0.6) is 0 Å². The summed E-state index contributed by atoms with van der Waals surface area (Å²) < 4.78 is 0. The Bertz CT molecular complexity index is 142. The third-order valence-corrected chi connectivity index (χ3v) is 4.58. The fourth-order valence-corrected chi connectivity index (χ4v) is 3.16. The molecular weight excluding hydrogens is 180 g/mol. The second-order valence-corrected chi connectivity index (χ2v) is 5.65. The van der Waals surface area contributed by atoms with E-state index in [0.717, 1.165) is 17.8 Å². The Morgan fingerprint density at radius 1 is 0.933 bits per heavy atom. The van der Waals surface area contributed by atoms with Gasteiger partial charge in [0.25, 0.3) is 0 Å². The van der Waals surface area contributed by atoms with Crippen LogP contribution in [0, 0.1) is 17.8 Å². The summed E-state index contributed by atoms with van der Waals surface area (Å²) >= 11 is 0. The van der Waals surface area contributed by atoms with Gasteiger partial charge in [-0.05, 0) is 24.2 Å². The lowest BCUT2D eigenvalue weighted by Crippen LogP contribution is -2.15. The third kappa shape index (κ3) is 4.57. The molecule has 0 spiro atoms. The van der Waals surface area contributed by atoms with E-state index in [9.17, 15) is 0 Å². The minimum absolute atomic E-state index is 0.943. The summed E-state index contributed by atoms with van der Waals surface area (Å²) in [5.41, 5.74) is 0. The molecule has 0 heteroatoms. The number of hydrogen-bond acceptors (Lipinski definition) is 0. The smallest absolute Gasteiger partial charge is 0.0389 e. The van der Waals surface area contributed by atoms with Crippen LogP contribution in [0.25, 0.3) is 0 Å². The van der Waals surface area contributed by atoms with Crippen molar-refractivity contribution in [1.82, 2.24) is 0 Å². The Kier molecular flexibility index (Phi) is 6.36. The van der Waals surface area contributed by atoms with Crippen molar-refractivity contribution in [2.24, 2.45) is 17.8 Å². The molecule has 2 atom stereocenters. The van der Waals surface area contributed by atoms with Crippen molar-refractivity contribution in [3.63, 3.8) is 0 Å². The van der Waals surface area contributed by atoms with E-state index < -0.39 is 0 Å². The molecule has 0 aromatic carbocycles. The quantitative estimate of drug-likeness (QED) is 0.532. The van der Waals surface area contributed by atoms with E-state index in [1.165, 1.54) is 57.8 Å². The van der Waals surface area contributed by atoms with Crippen molar-refractivity contribution in [2.75, 3.05) is 0 Å². The topological polar surface area (TPSA) is 0 Å². The minimum atomic E-state index is 0.943. The standard InChI is InChI=1S/C15H30/c1-4-13(3)15(5-2)12-14-10-8-6-7-9-11-14/h13-15H,4-12H2,1-3H3. The first kappa shape index (κ1) is 13.1. The maximum Gasteiger partial charge on any atom is -0.0389 e.